The summed E-state index contributed by atoms with van der Waals surface area (Å²) < 4.78 is 11.1. The number of nitrogens with one attached hydrogen (secondary N) is 1. The van der Waals surface area contributed by atoms with Crippen LogP contribution in [-0.4, -0.2) is 54.5 Å². The van der Waals surface area contributed by atoms with Gasteiger partial charge in [0.15, 0.2) is 11.5 Å². The molecule has 0 saturated carbocycles. The molecule has 1 aliphatic heterocycles. The lowest BCUT2D eigenvalue weighted by molar-refractivity contribution is -0.126. The van der Waals surface area contributed by atoms with Crippen molar-refractivity contribution in [1.29, 1.82) is 0 Å². The van der Waals surface area contributed by atoms with E-state index in [-0.39, 0.29) is 18.4 Å². The minimum Gasteiger partial charge on any atom is -0.441 e. The Morgan fingerprint density at radius 3 is 2.97 bits per heavy atom. The zero-order valence-corrected chi connectivity index (χ0v) is 18.0. The van der Waals surface area contributed by atoms with Crippen LogP contribution in [0.5, 0.6) is 0 Å². The van der Waals surface area contributed by atoms with Gasteiger partial charge in [0.05, 0.1) is 19.1 Å². The van der Waals surface area contributed by atoms with Crippen LogP contribution in [0.25, 0.3) is 11.1 Å². The van der Waals surface area contributed by atoms with Gasteiger partial charge in [-0.3, -0.25) is 9.59 Å². The van der Waals surface area contributed by atoms with Crippen LogP contribution in [0.1, 0.15) is 21.8 Å². The van der Waals surface area contributed by atoms with Crippen LogP contribution >= 0.6 is 11.6 Å². The third-order valence-corrected chi connectivity index (χ3v) is 5.50. The number of amides is 2. The molecule has 8 heteroatoms. The molecule has 0 aliphatic carbocycles. The predicted octanol–water partition coefficient (Wildman–Crippen LogP) is 3.24. The number of aryl methyl sites for hydroxylation is 1. The van der Waals surface area contributed by atoms with Gasteiger partial charge in [0, 0.05) is 37.1 Å². The fraction of sp³-hybridized carbons (Fsp3) is 0.348. The van der Waals surface area contributed by atoms with Gasteiger partial charge in [-0.1, -0.05) is 23.7 Å². The van der Waals surface area contributed by atoms with E-state index >= 15 is 0 Å². The second-order valence-corrected chi connectivity index (χ2v) is 8.05. The molecule has 1 aliphatic rings. The standard InChI is InChI=1S/C23H24ClN3O4/c1-15-26-20-6-5-17(12-21(20)31-15)23(29)27-9-10-30-14-18(13-27)22(28)25-8-7-16-3-2-4-19(24)11-16/h2-6,11-12,18H,7-10,13-14H2,1H3,(H,25,28). The topological polar surface area (TPSA) is 84.7 Å². The summed E-state index contributed by atoms with van der Waals surface area (Å²) in [5, 5.41) is 3.63. The molecule has 1 fully saturated rings. The number of aromatic nitrogens is 1. The molecule has 2 amide bonds. The summed E-state index contributed by atoms with van der Waals surface area (Å²) in [5.74, 6) is -0.152. The van der Waals surface area contributed by atoms with Crippen molar-refractivity contribution < 1.29 is 18.7 Å². The van der Waals surface area contributed by atoms with Gasteiger partial charge < -0.3 is 19.4 Å². The molecule has 1 atom stereocenters. The zero-order valence-electron chi connectivity index (χ0n) is 17.3. The van der Waals surface area contributed by atoms with E-state index in [1.807, 2.05) is 24.3 Å². The van der Waals surface area contributed by atoms with E-state index < -0.39 is 5.92 Å². The number of carbonyl (C=O) groups is 2. The third kappa shape index (κ3) is 5.24. The highest BCUT2D eigenvalue weighted by atomic mass is 35.5. The third-order valence-electron chi connectivity index (χ3n) is 5.27. The maximum atomic E-state index is 13.1. The van der Waals surface area contributed by atoms with Crippen molar-refractivity contribution in [2.24, 2.45) is 5.92 Å². The minimum absolute atomic E-state index is 0.122. The molecule has 1 aromatic heterocycles. The lowest BCUT2D eigenvalue weighted by atomic mass is 10.1. The van der Waals surface area contributed by atoms with E-state index in [9.17, 15) is 9.59 Å². The summed E-state index contributed by atoms with van der Waals surface area (Å²) >= 11 is 6.01. The molecule has 7 nitrogen and oxygen atoms in total. The van der Waals surface area contributed by atoms with Crippen molar-refractivity contribution >= 4 is 34.5 Å². The monoisotopic (exact) mass is 441 g/mol. The summed E-state index contributed by atoms with van der Waals surface area (Å²) in [6.07, 6.45) is 0.680. The zero-order chi connectivity index (χ0) is 21.8. The molecule has 31 heavy (non-hydrogen) atoms. The number of fused-ring (bicyclic) bond motifs is 1. The highest BCUT2D eigenvalue weighted by Gasteiger charge is 2.28. The van der Waals surface area contributed by atoms with Crippen LogP contribution in [0.2, 0.25) is 5.02 Å². The number of nitrogens with zero attached hydrogens (tertiary/aromatic N) is 2. The highest BCUT2D eigenvalue weighted by Crippen LogP contribution is 2.19. The normalized spacial score (nSPS) is 16.8. The number of rotatable bonds is 5. The fourth-order valence-corrected chi connectivity index (χ4v) is 3.89. The van der Waals surface area contributed by atoms with Crippen LogP contribution in [0.3, 0.4) is 0 Å². The van der Waals surface area contributed by atoms with Crippen molar-refractivity contribution in [3.8, 4) is 0 Å². The van der Waals surface area contributed by atoms with Crippen molar-refractivity contribution in [3.05, 3.63) is 64.5 Å². The van der Waals surface area contributed by atoms with Gasteiger partial charge in [-0.05, 0) is 42.3 Å². The van der Waals surface area contributed by atoms with Gasteiger partial charge in [0.1, 0.15) is 5.52 Å². The SMILES string of the molecule is Cc1nc2ccc(C(=O)N3CCOCC(C(=O)NCCc4cccc(Cl)c4)C3)cc2o1. The van der Waals surface area contributed by atoms with Crippen molar-refractivity contribution in [3.63, 3.8) is 0 Å². The maximum Gasteiger partial charge on any atom is 0.254 e. The Bertz CT molecular complexity index is 1100. The first-order valence-corrected chi connectivity index (χ1v) is 10.6. The Hall–Kier alpha value is -2.90. The minimum atomic E-state index is -0.429. The number of halogens is 1. The van der Waals surface area contributed by atoms with E-state index in [1.54, 1.807) is 30.0 Å². The molecule has 0 bridgehead atoms. The quantitative estimate of drug-likeness (QED) is 0.657. The summed E-state index contributed by atoms with van der Waals surface area (Å²) in [6.45, 7) is 3.66. The molecule has 4 rings (SSSR count). The van der Waals surface area contributed by atoms with E-state index in [1.165, 1.54) is 0 Å². The lowest BCUT2D eigenvalue weighted by Gasteiger charge is -2.23. The first kappa shape index (κ1) is 21.3. The average Bonchev–Trinajstić information content (AvgIpc) is 2.95. The van der Waals surface area contributed by atoms with E-state index in [2.05, 4.69) is 10.3 Å². The number of hydrogen-bond acceptors (Lipinski definition) is 5. The molecule has 162 valence electrons. The molecule has 2 heterocycles. The summed E-state index contributed by atoms with van der Waals surface area (Å²) in [4.78, 5) is 31.7. The second-order valence-electron chi connectivity index (χ2n) is 7.61. The summed E-state index contributed by atoms with van der Waals surface area (Å²) in [6, 6.07) is 12.8. The molecule has 1 unspecified atom stereocenters. The Kier molecular flexibility index (Phi) is 6.53. The van der Waals surface area contributed by atoms with E-state index in [4.69, 9.17) is 20.8 Å². The Morgan fingerprint density at radius 1 is 1.26 bits per heavy atom. The molecular weight excluding hydrogens is 418 g/mol. The molecule has 3 aromatic rings. The number of benzene rings is 2. The van der Waals surface area contributed by atoms with E-state index in [0.29, 0.717) is 60.2 Å². The average molecular weight is 442 g/mol. The lowest BCUT2D eigenvalue weighted by Crippen LogP contribution is -2.42. The second kappa shape index (κ2) is 9.49. The Balaban J connectivity index is 1.38. The van der Waals surface area contributed by atoms with E-state index in [0.717, 1.165) is 5.56 Å². The van der Waals surface area contributed by atoms with Crippen LogP contribution < -0.4 is 5.32 Å². The first-order valence-electron chi connectivity index (χ1n) is 10.3. The van der Waals surface area contributed by atoms with Gasteiger partial charge in [0.25, 0.3) is 5.91 Å². The molecular formula is C23H24ClN3O4. The fourth-order valence-electron chi connectivity index (χ4n) is 3.68. The van der Waals surface area contributed by atoms with Crippen molar-refractivity contribution in [1.82, 2.24) is 15.2 Å². The Labute approximate surface area is 185 Å². The van der Waals surface area contributed by atoms with Crippen LogP contribution in [-0.2, 0) is 16.0 Å². The molecule has 0 radical (unpaired) electrons. The van der Waals surface area contributed by atoms with Gasteiger partial charge in [-0.15, -0.1) is 0 Å². The largest absolute Gasteiger partial charge is 0.441 e. The predicted molar refractivity (Wildman–Crippen MR) is 117 cm³/mol. The Morgan fingerprint density at radius 2 is 2.13 bits per heavy atom. The van der Waals surface area contributed by atoms with Crippen molar-refractivity contribution in [2.75, 3.05) is 32.8 Å². The number of ether oxygens (including phenoxy) is 1. The molecule has 1 saturated heterocycles. The maximum absolute atomic E-state index is 13.1. The van der Waals surface area contributed by atoms with Gasteiger partial charge in [-0.2, -0.15) is 0 Å². The van der Waals surface area contributed by atoms with Gasteiger partial charge in [0.2, 0.25) is 5.91 Å². The van der Waals surface area contributed by atoms with Crippen molar-refractivity contribution in [2.45, 2.75) is 13.3 Å². The van der Waals surface area contributed by atoms with Crippen LogP contribution in [0, 0.1) is 12.8 Å². The first-order chi connectivity index (χ1) is 15.0. The molecule has 0 spiro atoms. The van der Waals surface area contributed by atoms with Gasteiger partial charge in [-0.25, -0.2) is 4.98 Å². The van der Waals surface area contributed by atoms with Gasteiger partial charge >= 0.3 is 0 Å². The smallest absolute Gasteiger partial charge is 0.254 e. The number of hydrogen-bond donors (Lipinski definition) is 1. The molecule has 2 aromatic carbocycles. The number of oxazole rings is 1. The van der Waals surface area contributed by atoms with Crippen LogP contribution in [0.4, 0.5) is 0 Å². The molecule has 1 N–H and O–H groups in total. The summed E-state index contributed by atoms with van der Waals surface area (Å²) in [7, 11) is 0. The highest BCUT2D eigenvalue weighted by molar-refractivity contribution is 6.30. The van der Waals surface area contributed by atoms with Crippen LogP contribution in [0.15, 0.2) is 46.9 Å². The summed E-state index contributed by atoms with van der Waals surface area (Å²) in [5.41, 5.74) is 2.85. The number of carbonyl (C=O) groups excluding carboxylic acids is 2.